The highest BCUT2D eigenvalue weighted by molar-refractivity contribution is 4.89. The lowest BCUT2D eigenvalue weighted by Crippen LogP contribution is -2.45. The fourth-order valence-corrected chi connectivity index (χ4v) is 3.30. The fourth-order valence-electron chi connectivity index (χ4n) is 3.30. The van der Waals surface area contributed by atoms with Gasteiger partial charge in [-0.25, -0.2) is 0 Å². The van der Waals surface area contributed by atoms with Crippen molar-refractivity contribution in [2.24, 2.45) is 5.92 Å². The second-order valence-electron chi connectivity index (χ2n) is 4.95. The van der Waals surface area contributed by atoms with E-state index in [1.54, 1.807) is 0 Å². The molecule has 1 saturated carbocycles. The highest BCUT2D eigenvalue weighted by Gasteiger charge is 2.33. The van der Waals surface area contributed by atoms with Gasteiger partial charge in [0.2, 0.25) is 0 Å². The Morgan fingerprint density at radius 3 is 2.64 bits per heavy atom. The van der Waals surface area contributed by atoms with Crippen LogP contribution in [0, 0.1) is 5.92 Å². The zero-order valence-corrected chi connectivity index (χ0v) is 9.63. The lowest BCUT2D eigenvalue weighted by Gasteiger charge is -2.35. The number of nitrogens with zero attached hydrogens (tertiary/aromatic N) is 1. The molecule has 2 aliphatic rings. The number of hydrogen-bond donors (Lipinski definition) is 1. The first-order chi connectivity index (χ1) is 6.83. The van der Waals surface area contributed by atoms with E-state index in [1.165, 1.54) is 45.3 Å². The minimum Gasteiger partial charge on any atom is -0.315 e. The van der Waals surface area contributed by atoms with Crippen molar-refractivity contribution in [1.29, 1.82) is 0 Å². The van der Waals surface area contributed by atoms with Gasteiger partial charge in [0.1, 0.15) is 0 Å². The smallest absolute Gasteiger partial charge is 0.0235 e. The van der Waals surface area contributed by atoms with Gasteiger partial charge in [0.15, 0.2) is 0 Å². The van der Waals surface area contributed by atoms with E-state index in [0.29, 0.717) is 0 Å². The monoisotopic (exact) mass is 196 g/mol. The number of hydrogen-bond acceptors (Lipinski definition) is 2. The van der Waals surface area contributed by atoms with Crippen LogP contribution in [0.5, 0.6) is 0 Å². The molecule has 14 heavy (non-hydrogen) atoms. The van der Waals surface area contributed by atoms with Crippen LogP contribution >= 0.6 is 0 Å². The van der Waals surface area contributed by atoms with Crippen molar-refractivity contribution >= 4 is 0 Å². The maximum Gasteiger partial charge on any atom is 0.0235 e. The van der Waals surface area contributed by atoms with Crippen molar-refractivity contribution in [3.05, 3.63) is 0 Å². The van der Waals surface area contributed by atoms with Crippen LogP contribution < -0.4 is 5.32 Å². The van der Waals surface area contributed by atoms with Crippen molar-refractivity contribution in [2.45, 2.75) is 51.6 Å². The molecular weight excluding hydrogens is 172 g/mol. The van der Waals surface area contributed by atoms with E-state index in [0.717, 1.165) is 18.0 Å². The van der Waals surface area contributed by atoms with E-state index >= 15 is 0 Å². The van der Waals surface area contributed by atoms with E-state index in [2.05, 4.69) is 24.1 Å². The van der Waals surface area contributed by atoms with E-state index < -0.39 is 0 Å². The van der Waals surface area contributed by atoms with Crippen molar-refractivity contribution < 1.29 is 0 Å². The summed E-state index contributed by atoms with van der Waals surface area (Å²) in [6.07, 6.45) is 5.69. The molecular formula is C12H24N2. The van der Waals surface area contributed by atoms with Gasteiger partial charge in [-0.15, -0.1) is 0 Å². The third-order valence-corrected chi connectivity index (χ3v) is 4.11. The number of nitrogens with one attached hydrogen (secondary N) is 1. The second kappa shape index (κ2) is 4.63. The molecule has 2 rings (SSSR count). The Hall–Kier alpha value is -0.0800. The lowest BCUT2D eigenvalue weighted by atomic mass is 10.0. The third kappa shape index (κ3) is 1.96. The predicted molar refractivity (Wildman–Crippen MR) is 60.5 cm³/mol. The zero-order valence-electron chi connectivity index (χ0n) is 9.63. The number of likely N-dealkylation sites (N-methyl/N-ethyl adjacent to an activating group) is 1. The summed E-state index contributed by atoms with van der Waals surface area (Å²) in [5.74, 6) is 0.926. The molecule has 1 aliphatic heterocycles. The molecule has 3 unspecified atom stereocenters. The molecule has 0 aromatic carbocycles. The Kier molecular flexibility index (Phi) is 3.45. The van der Waals surface area contributed by atoms with Crippen LogP contribution in [0.15, 0.2) is 0 Å². The molecule has 0 aromatic rings. The summed E-state index contributed by atoms with van der Waals surface area (Å²) in [7, 11) is 0. The average Bonchev–Trinajstić information content (AvgIpc) is 2.80. The molecule has 2 fully saturated rings. The first-order valence-electron chi connectivity index (χ1n) is 6.29. The van der Waals surface area contributed by atoms with Crippen molar-refractivity contribution in [3.63, 3.8) is 0 Å². The average molecular weight is 196 g/mol. The molecule has 1 aliphatic carbocycles. The van der Waals surface area contributed by atoms with Crippen LogP contribution in [-0.2, 0) is 0 Å². The Balaban J connectivity index is 1.96. The van der Waals surface area contributed by atoms with Gasteiger partial charge in [-0.1, -0.05) is 20.3 Å². The van der Waals surface area contributed by atoms with Crippen LogP contribution in [0.25, 0.3) is 0 Å². The van der Waals surface area contributed by atoms with Gasteiger partial charge in [-0.3, -0.25) is 4.90 Å². The van der Waals surface area contributed by atoms with Gasteiger partial charge in [0.25, 0.3) is 0 Å². The van der Waals surface area contributed by atoms with Gasteiger partial charge in [0.05, 0.1) is 0 Å². The predicted octanol–water partition coefficient (Wildman–Crippen LogP) is 1.86. The Morgan fingerprint density at radius 1 is 1.29 bits per heavy atom. The molecule has 2 nitrogen and oxygen atoms in total. The van der Waals surface area contributed by atoms with Crippen LogP contribution in [-0.4, -0.2) is 36.6 Å². The maximum atomic E-state index is 3.48. The molecule has 1 heterocycles. The van der Waals surface area contributed by atoms with Crippen molar-refractivity contribution in [1.82, 2.24) is 10.2 Å². The highest BCUT2D eigenvalue weighted by Crippen LogP contribution is 2.31. The summed E-state index contributed by atoms with van der Waals surface area (Å²) in [5, 5.41) is 3.48. The van der Waals surface area contributed by atoms with Crippen molar-refractivity contribution in [2.75, 3.05) is 19.6 Å². The van der Waals surface area contributed by atoms with Crippen LogP contribution in [0.3, 0.4) is 0 Å². The second-order valence-corrected chi connectivity index (χ2v) is 4.95. The first-order valence-corrected chi connectivity index (χ1v) is 6.29. The molecule has 1 N–H and O–H groups in total. The summed E-state index contributed by atoms with van der Waals surface area (Å²) >= 11 is 0. The fraction of sp³-hybridized carbons (Fsp3) is 1.00. The molecule has 0 spiro atoms. The lowest BCUT2D eigenvalue weighted by molar-refractivity contribution is 0.126. The quantitative estimate of drug-likeness (QED) is 0.741. The van der Waals surface area contributed by atoms with E-state index in [-0.39, 0.29) is 0 Å². The summed E-state index contributed by atoms with van der Waals surface area (Å²) in [6, 6.07) is 1.70. The van der Waals surface area contributed by atoms with Gasteiger partial charge in [-0.05, 0) is 38.3 Å². The molecule has 82 valence electrons. The minimum atomic E-state index is 0.825. The topological polar surface area (TPSA) is 15.3 Å². The highest BCUT2D eigenvalue weighted by atomic mass is 15.2. The largest absolute Gasteiger partial charge is 0.315 e. The van der Waals surface area contributed by atoms with Gasteiger partial charge in [0, 0.05) is 18.6 Å². The Labute approximate surface area is 88.1 Å². The van der Waals surface area contributed by atoms with Gasteiger partial charge >= 0.3 is 0 Å². The van der Waals surface area contributed by atoms with Crippen LogP contribution in [0.2, 0.25) is 0 Å². The summed E-state index contributed by atoms with van der Waals surface area (Å²) in [4.78, 5) is 2.76. The molecule has 0 bridgehead atoms. The maximum absolute atomic E-state index is 3.48. The molecule has 0 aromatic heterocycles. The number of rotatable bonds is 3. The molecule has 0 radical (unpaired) electrons. The molecule has 1 saturated heterocycles. The van der Waals surface area contributed by atoms with E-state index in [9.17, 15) is 0 Å². The Bertz CT molecular complexity index is 175. The SMILES string of the molecule is CCN(C1CCNC1)C1CCCC1C. The van der Waals surface area contributed by atoms with E-state index in [1.807, 2.05) is 0 Å². The summed E-state index contributed by atoms with van der Waals surface area (Å²) < 4.78 is 0. The third-order valence-electron chi connectivity index (χ3n) is 4.11. The summed E-state index contributed by atoms with van der Waals surface area (Å²) in [5.41, 5.74) is 0. The van der Waals surface area contributed by atoms with Crippen molar-refractivity contribution in [3.8, 4) is 0 Å². The van der Waals surface area contributed by atoms with E-state index in [4.69, 9.17) is 0 Å². The standard InChI is InChI=1S/C12H24N2/c1-3-14(11-7-8-13-9-11)12-6-4-5-10(12)2/h10-13H,3-9H2,1-2H3. The normalized spacial score (nSPS) is 38.4. The molecule has 0 amide bonds. The Morgan fingerprint density at radius 2 is 2.14 bits per heavy atom. The van der Waals surface area contributed by atoms with Crippen LogP contribution in [0.4, 0.5) is 0 Å². The molecule has 3 atom stereocenters. The summed E-state index contributed by atoms with van der Waals surface area (Å²) in [6.45, 7) is 8.44. The first kappa shape index (κ1) is 10.4. The van der Waals surface area contributed by atoms with Gasteiger partial charge < -0.3 is 5.32 Å². The minimum absolute atomic E-state index is 0.825. The van der Waals surface area contributed by atoms with Crippen LogP contribution in [0.1, 0.15) is 39.5 Å². The molecule has 2 heteroatoms. The zero-order chi connectivity index (χ0) is 9.97. The van der Waals surface area contributed by atoms with Gasteiger partial charge in [-0.2, -0.15) is 0 Å².